The maximum atomic E-state index is 12.5. The van der Waals surface area contributed by atoms with Gasteiger partial charge in [0.15, 0.2) is 0 Å². The lowest BCUT2D eigenvalue weighted by Crippen LogP contribution is -2.31. The van der Waals surface area contributed by atoms with Gasteiger partial charge in [0.2, 0.25) is 5.91 Å². The van der Waals surface area contributed by atoms with Crippen LogP contribution in [0.5, 0.6) is 0 Å². The molecule has 25 heavy (non-hydrogen) atoms. The van der Waals surface area contributed by atoms with E-state index >= 15 is 0 Å². The Morgan fingerprint density at radius 2 is 2.04 bits per heavy atom. The van der Waals surface area contributed by atoms with Crippen LogP contribution in [-0.4, -0.2) is 20.7 Å². The molecule has 6 nitrogen and oxygen atoms in total. The summed E-state index contributed by atoms with van der Waals surface area (Å²) in [6, 6.07) is 4.63. The van der Waals surface area contributed by atoms with E-state index in [1.165, 1.54) is 12.1 Å². The molecule has 2 aromatic rings. The third-order valence-corrected chi connectivity index (χ3v) is 4.19. The molecule has 0 bridgehead atoms. The zero-order chi connectivity index (χ0) is 17.9. The van der Waals surface area contributed by atoms with Gasteiger partial charge in [0.1, 0.15) is 12.2 Å². The highest BCUT2D eigenvalue weighted by Crippen LogP contribution is 2.29. The lowest BCUT2D eigenvalue weighted by atomic mass is 10.00. The van der Waals surface area contributed by atoms with Crippen LogP contribution in [0.15, 0.2) is 30.6 Å². The van der Waals surface area contributed by atoms with Crippen molar-refractivity contribution >= 4 is 5.91 Å². The van der Waals surface area contributed by atoms with Crippen LogP contribution >= 0.6 is 0 Å². The highest BCUT2D eigenvalue weighted by molar-refractivity contribution is 5.77. The van der Waals surface area contributed by atoms with Crippen molar-refractivity contribution in [3.63, 3.8) is 0 Å². The molecule has 1 aliphatic heterocycles. The van der Waals surface area contributed by atoms with E-state index in [4.69, 9.17) is 4.84 Å². The first kappa shape index (κ1) is 17.4. The Labute approximate surface area is 142 Å². The molecule has 0 saturated heterocycles. The molecule has 9 heteroatoms. The molecule has 0 saturated carbocycles. The molecule has 0 aliphatic carbocycles. The third-order valence-electron chi connectivity index (χ3n) is 4.19. The minimum Gasteiger partial charge on any atom is -0.318 e. The second kappa shape index (κ2) is 7.22. The molecule has 1 aromatic carbocycles. The van der Waals surface area contributed by atoms with Gasteiger partial charge in [-0.2, -0.15) is 13.2 Å². The number of hydrogen-bond acceptors (Lipinski definition) is 4. The molecule has 1 unspecified atom stereocenters. The summed E-state index contributed by atoms with van der Waals surface area (Å²) in [5, 5.41) is 7.84. The number of aryl methyl sites for hydroxylation is 2. The van der Waals surface area contributed by atoms with E-state index in [-0.39, 0.29) is 18.4 Å². The van der Waals surface area contributed by atoms with Crippen LogP contribution in [0.3, 0.4) is 0 Å². The first-order chi connectivity index (χ1) is 11.9. The maximum absolute atomic E-state index is 12.5. The van der Waals surface area contributed by atoms with Gasteiger partial charge in [0, 0.05) is 18.9 Å². The van der Waals surface area contributed by atoms with Crippen LogP contribution in [0, 0.1) is 5.92 Å². The second-order valence-corrected chi connectivity index (χ2v) is 5.91. The van der Waals surface area contributed by atoms with E-state index in [0.717, 1.165) is 18.0 Å². The predicted octanol–water partition coefficient (Wildman–Crippen LogP) is 2.50. The number of carbonyl (C=O) groups is 1. The molecular weight excluding hydrogens is 337 g/mol. The number of nitrogens with one attached hydrogen (secondary N) is 1. The Morgan fingerprint density at radius 1 is 1.28 bits per heavy atom. The second-order valence-electron chi connectivity index (χ2n) is 5.91. The van der Waals surface area contributed by atoms with Gasteiger partial charge in [-0.05, 0) is 30.5 Å². The first-order valence-corrected chi connectivity index (χ1v) is 7.88. The summed E-state index contributed by atoms with van der Waals surface area (Å²) >= 11 is 0. The molecule has 1 aromatic heterocycles. The fourth-order valence-corrected chi connectivity index (χ4v) is 2.73. The number of rotatable bonds is 4. The molecule has 134 valence electrons. The van der Waals surface area contributed by atoms with E-state index in [0.29, 0.717) is 31.4 Å². The van der Waals surface area contributed by atoms with E-state index in [1.807, 2.05) is 4.57 Å². The standard InChI is InChI=1S/C16H17F3N4O2/c17-16(18,19)13-4-1-11(2-5-13)9-25-22-15(24)12-3-6-14-21-20-10-23(14)8-7-12/h1-2,4-5,10,12H,3,6-9H2,(H,22,24). The summed E-state index contributed by atoms with van der Waals surface area (Å²) in [6.45, 7) is 0.668. The third kappa shape index (κ3) is 4.36. The zero-order valence-corrected chi connectivity index (χ0v) is 13.3. The van der Waals surface area contributed by atoms with Crippen LogP contribution in [0.1, 0.15) is 29.8 Å². The van der Waals surface area contributed by atoms with Gasteiger partial charge in [-0.3, -0.25) is 9.63 Å². The molecule has 1 N–H and O–H groups in total. The van der Waals surface area contributed by atoms with E-state index in [2.05, 4.69) is 15.7 Å². The number of carbonyl (C=O) groups excluding carboxylic acids is 1. The molecule has 2 heterocycles. The van der Waals surface area contributed by atoms with E-state index < -0.39 is 11.7 Å². The largest absolute Gasteiger partial charge is 0.416 e. The minimum absolute atomic E-state index is 0.00207. The van der Waals surface area contributed by atoms with Crippen molar-refractivity contribution in [2.75, 3.05) is 0 Å². The molecule has 0 radical (unpaired) electrons. The SMILES string of the molecule is O=C(NOCc1ccc(C(F)(F)F)cc1)C1CCc2nncn2CC1. The van der Waals surface area contributed by atoms with Crippen molar-refractivity contribution in [2.45, 2.75) is 38.6 Å². The van der Waals surface area contributed by atoms with Crippen LogP contribution in [0.25, 0.3) is 0 Å². The fourth-order valence-electron chi connectivity index (χ4n) is 2.73. The van der Waals surface area contributed by atoms with Gasteiger partial charge < -0.3 is 4.57 Å². The molecule has 0 spiro atoms. The van der Waals surface area contributed by atoms with E-state index in [1.54, 1.807) is 6.33 Å². The minimum atomic E-state index is -4.36. The van der Waals surface area contributed by atoms with Crippen molar-refractivity contribution in [1.82, 2.24) is 20.2 Å². The number of aromatic nitrogens is 3. The maximum Gasteiger partial charge on any atom is 0.416 e. The average molecular weight is 354 g/mol. The topological polar surface area (TPSA) is 69.0 Å². The highest BCUT2D eigenvalue weighted by Gasteiger charge is 2.30. The fraction of sp³-hybridized carbons (Fsp3) is 0.438. The Bertz CT molecular complexity index is 705. The van der Waals surface area contributed by atoms with E-state index in [9.17, 15) is 18.0 Å². The molecule has 1 amide bonds. The lowest BCUT2D eigenvalue weighted by Gasteiger charge is -2.14. The summed E-state index contributed by atoms with van der Waals surface area (Å²) in [4.78, 5) is 17.3. The Balaban J connectivity index is 1.46. The van der Waals surface area contributed by atoms with Gasteiger partial charge in [-0.1, -0.05) is 12.1 Å². The van der Waals surface area contributed by atoms with Crippen molar-refractivity contribution in [3.05, 3.63) is 47.5 Å². The van der Waals surface area contributed by atoms with Gasteiger partial charge >= 0.3 is 6.18 Å². The molecular formula is C16H17F3N4O2. The quantitative estimate of drug-likeness (QED) is 0.857. The van der Waals surface area contributed by atoms with Crippen LogP contribution in [-0.2, 0) is 35.4 Å². The van der Waals surface area contributed by atoms with Crippen molar-refractivity contribution in [3.8, 4) is 0 Å². The Hall–Kier alpha value is -2.42. The number of amides is 1. The number of nitrogens with zero attached hydrogens (tertiary/aromatic N) is 3. The summed E-state index contributed by atoms with van der Waals surface area (Å²) < 4.78 is 39.4. The number of hydrogen-bond donors (Lipinski definition) is 1. The van der Waals surface area contributed by atoms with Crippen LogP contribution in [0.4, 0.5) is 13.2 Å². The normalized spacial score (nSPS) is 17.6. The number of fused-ring (bicyclic) bond motifs is 1. The van der Waals surface area contributed by atoms with Gasteiger partial charge in [0.05, 0.1) is 12.2 Å². The van der Waals surface area contributed by atoms with Gasteiger partial charge in [0.25, 0.3) is 0 Å². The van der Waals surface area contributed by atoms with Gasteiger partial charge in [-0.15, -0.1) is 10.2 Å². The van der Waals surface area contributed by atoms with Crippen molar-refractivity contribution in [2.24, 2.45) is 5.92 Å². The summed E-state index contributed by atoms with van der Waals surface area (Å²) in [6.07, 6.45) is -0.751. The predicted molar refractivity (Wildman–Crippen MR) is 80.8 cm³/mol. The van der Waals surface area contributed by atoms with Crippen LogP contribution < -0.4 is 5.48 Å². The Morgan fingerprint density at radius 3 is 2.76 bits per heavy atom. The van der Waals surface area contributed by atoms with Gasteiger partial charge in [-0.25, -0.2) is 5.48 Å². The zero-order valence-electron chi connectivity index (χ0n) is 13.3. The average Bonchev–Trinajstić information content (AvgIpc) is 2.93. The Kier molecular flexibility index (Phi) is 5.03. The molecule has 3 rings (SSSR count). The lowest BCUT2D eigenvalue weighted by molar-refractivity contribution is -0.139. The smallest absolute Gasteiger partial charge is 0.318 e. The summed E-state index contributed by atoms with van der Waals surface area (Å²) in [5.74, 6) is 0.431. The number of alkyl halides is 3. The monoisotopic (exact) mass is 354 g/mol. The molecule has 1 atom stereocenters. The van der Waals surface area contributed by atoms with Crippen molar-refractivity contribution in [1.29, 1.82) is 0 Å². The number of benzene rings is 1. The molecule has 1 aliphatic rings. The number of hydroxylamine groups is 1. The summed E-state index contributed by atoms with van der Waals surface area (Å²) in [7, 11) is 0. The molecule has 0 fully saturated rings. The van der Waals surface area contributed by atoms with Crippen molar-refractivity contribution < 1.29 is 22.8 Å². The highest BCUT2D eigenvalue weighted by atomic mass is 19.4. The first-order valence-electron chi connectivity index (χ1n) is 7.88. The number of halogens is 3. The summed E-state index contributed by atoms with van der Waals surface area (Å²) in [5.41, 5.74) is 2.21. The van der Waals surface area contributed by atoms with Crippen LogP contribution in [0.2, 0.25) is 0 Å².